The normalized spacial score (nSPS) is 16.9. The molecule has 1 aliphatic rings. The highest BCUT2D eigenvalue weighted by molar-refractivity contribution is 5.98. The van der Waals surface area contributed by atoms with Gasteiger partial charge in [0, 0.05) is 13.2 Å². The van der Waals surface area contributed by atoms with Crippen LogP contribution in [0.5, 0.6) is 5.88 Å². The molecule has 1 amide bonds. The maximum Gasteiger partial charge on any atom is 0.244 e. The first kappa shape index (κ1) is 14.7. The largest absolute Gasteiger partial charge is 0.475 e. The quantitative estimate of drug-likeness (QED) is 0.767. The molecule has 1 fully saturated rings. The summed E-state index contributed by atoms with van der Waals surface area (Å²) in [5.41, 5.74) is 5.99. The lowest BCUT2D eigenvalue weighted by Crippen LogP contribution is -2.48. The number of pyridine rings is 1. The van der Waals surface area contributed by atoms with E-state index < -0.39 is 5.54 Å². The third-order valence-electron chi connectivity index (χ3n) is 3.48. The summed E-state index contributed by atoms with van der Waals surface area (Å²) in [4.78, 5) is 16.2. The molecule has 0 aliphatic heterocycles. The van der Waals surface area contributed by atoms with Gasteiger partial charge >= 0.3 is 0 Å². The molecule has 110 valence electrons. The van der Waals surface area contributed by atoms with Crippen molar-refractivity contribution in [2.75, 3.05) is 25.6 Å². The molecule has 20 heavy (non-hydrogen) atoms. The first-order valence-electron chi connectivity index (χ1n) is 6.82. The van der Waals surface area contributed by atoms with Crippen LogP contribution in [0.2, 0.25) is 0 Å². The van der Waals surface area contributed by atoms with Crippen molar-refractivity contribution < 1.29 is 14.3 Å². The predicted molar refractivity (Wildman–Crippen MR) is 75.6 cm³/mol. The number of rotatable bonds is 6. The lowest BCUT2D eigenvalue weighted by Gasteiger charge is -2.22. The number of methoxy groups -OCH3 is 1. The van der Waals surface area contributed by atoms with Crippen molar-refractivity contribution in [3.05, 3.63) is 18.3 Å². The number of anilines is 1. The van der Waals surface area contributed by atoms with E-state index in [4.69, 9.17) is 15.2 Å². The Labute approximate surface area is 118 Å². The maximum absolute atomic E-state index is 12.1. The molecule has 0 radical (unpaired) electrons. The second-order valence-electron chi connectivity index (χ2n) is 5.04. The molecule has 0 saturated heterocycles. The number of ether oxygens (including phenoxy) is 2. The molecule has 3 N–H and O–H groups in total. The highest BCUT2D eigenvalue weighted by Crippen LogP contribution is 2.28. The fraction of sp³-hybridized carbons (Fsp3) is 0.571. The van der Waals surface area contributed by atoms with Crippen molar-refractivity contribution in [1.82, 2.24) is 4.98 Å². The number of hydrogen-bond donors (Lipinski definition) is 2. The van der Waals surface area contributed by atoms with Crippen LogP contribution in [0.1, 0.15) is 25.7 Å². The molecular weight excluding hydrogens is 258 g/mol. The minimum absolute atomic E-state index is 0.134. The van der Waals surface area contributed by atoms with Crippen molar-refractivity contribution in [2.24, 2.45) is 5.73 Å². The van der Waals surface area contributed by atoms with E-state index in [1.165, 1.54) is 0 Å². The predicted octanol–water partition coefficient (Wildman–Crippen LogP) is 1.32. The van der Waals surface area contributed by atoms with Crippen LogP contribution in [0.3, 0.4) is 0 Å². The van der Waals surface area contributed by atoms with Crippen LogP contribution in [-0.2, 0) is 9.53 Å². The highest BCUT2D eigenvalue weighted by Gasteiger charge is 2.36. The van der Waals surface area contributed by atoms with Gasteiger partial charge in [0.2, 0.25) is 11.8 Å². The zero-order chi connectivity index (χ0) is 14.4. The van der Waals surface area contributed by atoms with Crippen LogP contribution in [-0.4, -0.2) is 36.8 Å². The van der Waals surface area contributed by atoms with Crippen LogP contribution >= 0.6 is 0 Å². The average molecular weight is 279 g/mol. The minimum atomic E-state index is -0.729. The summed E-state index contributed by atoms with van der Waals surface area (Å²) in [7, 11) is 1.61. The lowest BCUT2D eigenvalue weighted by atomic mass is 9.98. The lowest BCUT2D eigenvalue weighted by molar-refractivity contribution is -0.121. The summed E-state index contributed by atoms with van der Waals surface area (Å²) in [6, 6.07) is 3.47. The number of nitrogens with two attached hydrogens (primary N) is 1. The first-order valence-corrected chi connectivity index (χ1v) is 6.82. The molecule has 0 atom stereocenters. The molecule has 2 rings (SSSR count). The number of carbonyl (C=O) groups excluding carboxylic acids is 1. The van der Waals surface area contributed by atoms with Crippen LogP contribution in [0.4, 0.5) is 5.69 Å². The molecule has 0 unspecified atom stereocenters. The highest BCUT2D eigenvalue weighted by atomic mass is 16.5. The smallest absolute Gasteiger partial charge is 0.244 e. The molecule has 1 aromatic heterocycles. The van der Waals surface area contributed by atoms with E-state index in [2.05, 4.69) is 10.3 Å². The van der Waals surface area contributed by atoms with Crippen molar-refractivity contribution in [3.8, 4) is 5.88 Å². The van der Waals surface area contributed by atoms with Gasteiger partial charge in [-0.05, 0) is 18.9 Å². The third kappa shape index (κ3) is 3.68. The van der Waals surface area contributed by atoms with Gasteiger partial charge in [-0.15, -0.1) is 0 Å². The van der Waals surface area contributed by atoms with Gasteiger partial charge in [0.25, 0.3) is 0 Å². The third-order valence-corrected chi connectivity index (χ3v) is 3.48. The minimum Gasteiger partial charge on any atom is -0.475 e. The summed E-state index contributed by atoms with van der Waals surface area (Å²) in [6.45, 7) is 0.955. The maximum atomic E-state index is 12.1. The Kier molecular flexibility index (Phi) is 4.92. The van der Waals surface area contributed by atoms with Gasteiger partial charge in [0.15, 0.2) is 0 Å². The Morgan fingerprint density at radius 1 is 1.40 bits per heavy atom. The number of amides is 1. The number of nitrogens with one attached hydrogen (secondary N) is 1. The van der Waals surface area contributed by atoms with Crippen molar-refractivity contribution in [1.29, 1.82) is 0 Å². The summed E-state index contributed by atoms with van der Waals surface area (Å²) in [5, 5.41) is 2.81. The van der Waals surface area contributed by atoms with E-state index in [1.807, 2.05) is 0 Å². The summed E-state index contributed by atoms with van der Waals surface area (Å²) in [5.74, 6) is 0.369. The molecule has 1 aliphatic carbocycles. The van der Waals surface area contributed by atoms with E-state index in [-0.39, 0.29) is 5.91 Å². The van der Waals surface area contributed by atoms with E-state index in [9.17, 15) is 4.79 Å². The molecule has 0 bridgehead atoms. The Morgan fingerprint density at radius 2 is 2.15 bits per heavy atom. The topological polar surface area (TPSA) is 86.5 Å². The van der Waals surface area contributed by atoms with Gasteiger partial charge in [0.1, 0.15) is 6.61 Å². The van der Waals surface area contributed by atoms with Crippen LogP contribution in [0, 0.1) is 0 Å². The molecule has 0 aromatic carbocycles. The molecule has 1 aromatic rings. The Hall–Kier alpha value is -1.66. The van der Waals surface area contributed by atoms with Crippen molar-refractivity contribution >= 4 is 11.6 Å². The monoisotopic (exact) mass is 279 g/mol. The van der Waals surface area contributed by atoms with E-state index in [1.54, 1.807) is 25.4 Å². The number of hydrogen-bond acceptors (Lipinski definition) is 5. The van der Waals surface area contributed by atoms with Gasteiger partial charge in [0.05, 0.1) is 24.0 Å². The standard InChI is InChI=1S/C14H21N3O3/c1-19-8-9-20-12-5-4-11(10-16-12)17-13(18)14(15)6-2-3-7-14/h4-5,10H,2-3,6-9,15H2,1H3,(H,17,18). The summed E-state index contributed by atoms with van der Waals surface area (Å²) < 4.78 is 10.2. The molecule has 1 heterocycles. The number of aromatic nitrogens is 1. The van der Waals surface area contributed by atoms with Gasteiger partial charge < -0.3 is 20.5 Å². The van der Waals surface area contributed by atoms with Crippen LogP contribution in [0.25, 0.3) is 0 Å². The van der Waals surface area contributed by atoms with E-state index in [0.29, 0.717) is 24.8 Å². The molecular formula is C14H21N3O3. The molecule has 0 spiro atoms. The first-order chi connectivity index (χ1) is 9.64. The zero-order valence-electron chi connectivity index (χ0n) is 11.7. The molecule has 1 saturated carbocycles. The van der Waals surface area contributed by atoms with E-state index >= 15 is 0 Å². The zero-order valence-corrected chi connectivity index (χ0v) is 11.7. The average Bonchev–Trinajstić information content (AvgIpc) is 2.89. The fourth-order valence-electron chi connectivity index (χ4n) is 2.26. The molecule has 6 heteroatoms. The van der Waals surface area contributed by atoms with Crippen LogP contribution < -0.4 is 15.8 Å². The van der Waals surface area contributed by atoms with Crippen LogP contribution in [0.15, 0.2) is 18.3 Å². The Balaban J connectivity index is 1.88. The fourth-order valence-corrected chi connectivity index (χ4v) is 2.26. The van der Waals surface area contributed by atoms with E-state index in [0.717, 1.165) is 25.7 Å². The second kappa shape index (κ2) is 6.67. The van der Waals surface area contributed by atoms with Gasteiger partial charge in [-0.3, -0.25) is 4.79 Å². The summed E-state index contributed by atoms with van der Waals surface area (Å²) >= 11 is 0. The van der Waals surface area contributed by atoms with Gasteiger partial charge in [-0.1, -0.05) is 12.8 Å². The van der Waals surface area contributed by atoms with Crippen molar-refractivity contribution in [3.63, 3.8) is 0 Å². The Bertz CT molecular complexity index is 441. The van der Waals surface area contributed by atoms with Crippen molar-refractivity contribution in [2.45, 2.75) is 31.2 Å². The Morgan fingerprint density at radius 3 is 2.75 bits per heavy atom. The summed E-state index contributed by atoms with van der Waals surface area (Å²) in [6.07, 6.45) is 5.07. The number of nitrogens with zero attached hydrogens (tertiary/aromatic N) is 1. The number of carbonyl (C=O) groups is 1. The second-order valence-corrected chi connectivity index (χ2v) is 5.04. The SMILES string of the molecule is COCCOc1ccc(NC(=O)C2(N)CCCC2)cn1. The van der Waals surface area contributed by atoms with Gasteiger partial charge in [-0.2, -0.15) is 0 Å². The molecule has 6 nitrogen and oxygen atoms in total. The van der Waals surface area contributed by atoms with Gasteiger partial charge in [-0.25, -0.2) is 4.98 Å².